The van der Waals surface area contributed by atoms with E-state index >= 15 is 0 Å². The van der Waals surface area contributed by atoms with Crippen LogP contribution in [0.1, 0.15) is 28.7 Å². The van der Waals surface area contributed by atoms with Crippen LogP contribution in [0.3, 0.4) is 0 Å². The summed E-state index contributed by atoms with van der Waals surface area (Å²) >= 11 is 0. The lowest BCUT2D eigenvalue weighted by Gasteiger charge is -2.26. The number of benzene rings is 4. The maximum atomic E-state index is 13.6. The lowest BCUT2D eigenvalue weighted by atomic mass is 10.2. The van der Waals surface area contributed by atoms with Crippen LogP contribution >= 0.6 is 0 Å². The van der Waals surface area contributed by atoms with Gasteiger partial charge >= 0.3 is 0 Å². The number of hydrogen-bond donors (Lipinski definition) is 0. The zero-order chi connectivity index (χ0) is 35.8. The Morgan fingerprint density at radius 2 is 0.571 bits per heavy atom. The molecule has 1 saturated carbocycles. The van der Waals surface area contributed by atoms with Gasteiger partial charge in [0.25, 0.3) is 40.5 Å². The number of hydrogen-bond acceptors (Lipinski definition) is 12. The van der Waals surface area contributed by atoms with Crippen LogP contribution in [0.25, 0.3) is 0 Å². The molecule has 1 aliphatic rings. The van der Waals surface area contributed by atoms with Crippen molar-refractivity contribution in [3.8, 4) is 0 Å². The molecule has 0 bridgehead atoms. The average Bonchev–Trinajstić information content (AvgIpc) is 3.30. The van der Waals surface area contributed by atoms with E-state index in [1.165, 1.54) is 97.1 Å². The van der Waals surface area contributed by atoms with Gasteiger partial charge in [-0.1, -0.05) is 70.8 Å². The summed E-state index contributed by atoms with van der Waals surface area (Å²) in [6, 6.07) is 22.1. The summed E-state index contributed by atoms with van der Waals surface area (Å²) < 4.78 is 130. The van der Waals surface area contributed by atoms with Gasteiger partial charge in [0.1, 0.15) is 24.4 Å². The molecule has 0 aromatic heterocycles. The summed E-state index contributed by atoms with van der Waals surface area (Å²) in [5.74, 6) is 0. The van der Waals surface area contributed by atoms with Gasteiger partial charge in [0, 0.05) is 6.42 Å². The summed E-state index contributed by atoms with van der Waals surface area (Å²) in [5.41, 5.74) is 2.94. The predicted octanol–water partition coefficient (Wildman–Crippen LogP) is 4.72. The molecule has 0 aliphatic heterocycles. The van der Waals surface area contributed by atoms with Crippen molar-refractivity contribution in [3.63, 3.8) is 0 Å². The Morgan fingerprint density at radius 1 is 0.367 bits per heavy atom. The molecule has 4 atom stereocenters. The van der Waals surface area contributed by atoms with E-state index < -0.39 is 71.3 Å². The Balaban J connectivity index is 1.61. The van der Waals surface area contributed by atoms with Crippen LogP contribution in [0, 0.1) is 27.7 Å². The second kappa shape index (κ2) is 14.0. The molecule has 4 aromatic rings. The van der Waals surface area contributed by atoms with E-state index in [0.717, 1.165) is 22.3 Å². The molecule has 0 radical (unpaired) electrons. The highest BCUT2D eigenvalue weighted by Crippen LogP contribution is 2.38. The molecule has 0 saturated heterocycles. The molecule has 0 spiro atoms. The third-order valence-electron chi connectivity index (χ3n) is 7.74. The SMILES string of the molecule is Cc1ccc(S(=O)(=O)O[C@@H]2[C@H](OS(=O)(=O)c3ccc(C)cc3)[C@H](OS(=O)(=O)c3ccc(C)cc3)C[C@@H]2OS(=O)(=O)c2ccc(C)cc2)cc1. The van der Waals surface area contributed by atoms with Gasteiger partial charge in [0.05, 0.1) is 19.6 Å². The van der Waals surface area contributed by atoms with Crippen molar-refractivity contribution in [1.82, 2.24) is 0 Å². The van der Waals surface area contributed by atoms with Crippen molar-refractivity contribution < 1.29 is 50.4 Å². The first kappa shape index (κ1) is 36.8. The molecule has 0 amide bonds. The minimum atomic E-state index is -4.76. The van der Waals surface area contributed by atoms with E-state index in [2.05, 4.69) is 0 Å². The third-order valence-corrected chi connectivity index (χ3v) is 13.1. The molecular weight excluding hydrogens is 717 g/mol. The minimum absolute atomic E-state index is 0.292. The second-order valence-electron chi connectivity index (χ2n) is 11.7. The van der Waals surface area contributed by atoms with Crippen molar-refractivity contribution in [2.45, 2.75) is 78.1 Å². The van der Waals surface area contributed by atoms with Gasteiger partial charge in [-0.15, -0.1) is 0 Å². The summed E-state index contributed by atoms with van der Waals surface area (Å²) in [7, 11) is -18.8. The van der Waals surface area contributed by atoms with Gasteiger partial charge in [-0.25, -0.2) is 0 Å². The largest absolute Gasteiger partial charge is 0.297 e. The van der Waals surface area contributed by atoms with Crippen molar-refractivity contribution in [3.05, 3.63) is 119 Å². The zero-order valence-corrected chi connectivity index (χ0v) is 30.1. The van der Waals surface area contributed by atoms with Crippen LogP contribution in [-0.4, -0.2) is 58.1 Å². The number of aryl methyl sites for hydroxylation is 4. The lowest BCUT2D eigenvalue weighted by molar-refractivity contribution is 0.00563. The molecule has 12 nitrogen and oxygen atoms in total. The van der Waals surface area contributed by atoms with Crippen LogP contribution in [-0.2, 0) is 57.2 Å². The van der Waals surface area contributed by atoms with Crippen molar-refractivity contribution in [2.75, 3.05) is 0 Å². The Morgan fingerprint density at radius 3 is 0.796 bits per heavy atom. The third kappa shape index (κ3) is 8.64. The standard InChI is InChI=1S/C33H34O12S4/c1-22-5-13-26(14-6-22)46(34,35)42-30-21-31(43-47(36,37)27-15-7-23(2)8-16-27)33(45-49(40,41)29-19-11-25(4)12-20-29)32(30)44-48(38,39)28-17-9-24(3)10-18-28/h5-20,30-33H,21H2,1-4H3/t30-,31+,32-,33+. The van der Waals surface area contributed by atoms with Crippen LogP contribution in [0.4, 0.5) is 0 Å². The molecule has 1 fully saturated rings. The van der Waals surface area contributed by atoms with Gasteiger partial charge in [0.2, 0.25) is 0 Å². The van der Waals surface area contributed by atoms with Gasteiger partial charge in [-0.3, -0.25) is 16.7 Å². The van der Waals surface area contributed by atoms with Crippen molar-refractivity contribution >= 4 is 40.5 Å². The summed E-state index contributed by atoms with van der Waals surface area (Å²) in [4.78, 5) is -1.26. The molecule has 0 heterocycles. The Bertz CT molecular complexity index is 2070. The Kier molecular flexibility index (Phi) is 10.5. The normalized spacial score (nSPS) is 20.3. The van der Waals surface area contributed by atoms with Crippen LogP contribution in [0.2, 0.25) is 0 Å². The fourth-order valence-corrected chi connectivity index (χ4v) is 9.40. The van der Waals surface area contributed by atoms with Crippen LogP contribution in [0.15, 0.2) is 117 Å². The highest BCUT2D eigenvalue weighted by molar-refractivity contribution is 7.87. The first-order valence-corrected chi connectivity index (χ1v) is 20.5. The highest BCUT2D eigenvalue weighted by Gasteiger charge is 2.54. The molecule has 5 rings (SSSR count). The van der Waals surface area contributed by atoms with Gasteiger partial charge in [-0.05, 0) is 76.2 Å². The molecule has 1 aliphatic carbocycles. The fraction of sp³-hybridized carbons (Fsp3) is 0.273. The van der Waals surface area contributed by atoms with Crippen LogP contribution < -0.4 is 0 Å². The molecule has 262 valence electrons. The fourth-order valence-electron chi connectivity index (χ4n) is 5.00. The van der Waals surface area contributed by atoms with Gasteiger partial charge < -0.3 is 0 Å². The Hall–Kier alpha value is -3.48. The van der Waals surface area contributed by atoms with E-state index in [1.807, 2.05) is 0 Å². The van der Waals surface area contributed by atoms with Crippen molar-refractivity contribution in [2.24, 2.45) is 0 Å². The van der Waals surface area contributed by atoms with E-state index in [9.17, 15) is 33.7 Å². The second-order valence-corrected chi connectivity index (χ2v) is 18.0. The zero-order valence-electron chi connectivity index (χ0n) is 26.8. The lowest BCUT2D eigenvalue weighted by Crippen LogP contribution is -2.42. The molecule has 16 heteroatoms. The molecule has 0 N–H and O–H groups in total. The minimum Gasteiger partial charge on any atom is -0.260 e. The summed E-state index contributed by atoms with van der Waals surface area (Å²) in [5, 5.41) is 0. The maximum Gasteiger partial charge on any atom is 0.297 e. The first-order chi connectivity index (χ1) is 22.9. The molecule has 0 unspecified atom stereocenters. The molecule has 4 aromatic carbocycles. The van der Waals surface area contributed by atoms with E-state index in [0.29, 0.717) is 0 Å². The van der Waals surface area contributed by atoms with Crippen molar-refractivity contribution in [1.29, 1.82) is 0 Å². The monoisotopic (exact) mass is 750 g/mol. The summed E-state index contributed by atoms with van der Waals surface area (Å²) in [6.45, 7) is 6.93. The molecule has 49 heavy (non-hydrogen) atoms. The van der Waals surface area contributed by atoms with Gasteiger partial charge in [-0.2, -0.15) is 33.7 Å². The summed E-state index contributed by atoms with van der Waals surface area (Å²) in [6.07, 6.45) is -8.35. The van der Waals surface area contributed by atoms with E-state index in [1.54, 1.807) is 27.7 Å². The predicted molar refractivity (Wildman–Crippen MR) is 178 cm³/mol. The van der Waals surface area contributed by atoms with Crippen LogP contribution in [0.5, 0.6) is 0 Å². The number of rotatable bonds is 12. The quantitative estimate of drug-likeness (QED) is 0.183. The highest BCUT2D eigenvalue weighted by atomic mass is 32.2. The first-order valence-electron chi connectivity index (χ1n) is 14.9. The van der Waals surface area contributed by atoms with E-state index in [4.69, 9.17) is 16.7 Å². The van der Waals surface area contributed by atoms with Gasteiger partial charge in [0.15, 0.2) is 0 Å². The topological polar surface area (TPSA) is 173 Å². The maximum absolute atomic E-state index is 13.6. The van der Waals surface area contributed by atoms with E-state index in [-0.39, 0.29) is 19.6 Å². The smallest absolute Gasteiger partial charge is 0.260 e. The molecular formula is C33H34O12S4. The Labute approximate surface area is 287 Å². The average molecular weight is 751 g/mol.